The number of aromatic amines is 1. The first-order chi connectivity index (χ1) is 7.59. The maximum atomic E-state index is 12.0. The van der Waals surface area contributed by atoms with Crippen molar-refractivity contribution in [3.8, 4) is 0 Å². The van der Waals surface area contributed by atoms with Crippen LogP contribution in [0.4, 0.5) is 0 Å². The monoisotopic (exact) mass is 244 g/mol. The summed E-state index contributed by atoms with van der Waals surface area (Å²) in [6, 6.07) is 0.0283. The van der Waals surface area contributed by atoms with Crippen molar-refractivity contribution in [1.29, 1.82) is 0 Å². The van der Waals surface area contributed by atoms with Crippen molar-refractivity contribution >= 4 is 10.0 Å². The molecule has 0 radical (unpaired) electrons. The van der Waals surface area contributed by atoms with Gasteiger partial charge in [0.25, 0.3) is 0 Å². The number of nitrogens with zero attached hydrogens (tertiary/aromatic N) is 1. The summed E-state index contributed by atoms with van der Waals surface area (Å²) in [6.45, 7) is 3.42. The van der Waals surface area contributed by atoms with Crippen LogP contribution in [0.25, 0.3) is 0 Å². The van der Waals surface area contributed by atoms with E-state index in [0.717, 1.165) is 25.9 Å². The van der Waals surface area contributed by atoms with E-state index in [1.165, 1.54) is 6.20 Å². The third-order valence-electron chi connectivity index (χ3n) is 2.73. The lowest BCUT2D eigenvalue weighted by Gasteiger charge is -2.23. The number of nitrogens with one attached hydrogen (secondary N) is 3. The molecule has 0 saturated carbocycles. The highest BCUT2D eigenvalue weighted by Gasteiger charge is 2.23. The smallest absolute Gasteiger partial charge is 0.244 e. The van der Waals surface area contributed by atoms with E-state index < -0.39 is 10.0 Å². The first kappa shape index (κ1) is 11.6. The predicted molar refractivity (Wildman–Crippen MR) is 59.5 cm³/mol. The van der Waals surface area contributed by atoms with Crippen molar-refractivity contribution in [2.45, 2.75) is 30.7 Å². The van der Waals surface area contributed by atoms with Gasteiger partial charge in [-0.25, -0.2) is 13.1 Å². The summed E-state index contributed by atoms with van der Waals surface area (Å²) in [4.78, 5) is 0.242. The van der Waals surface area contributed by atoms with Crippen LogP contribution in [0, 0.1) is 6.92 Å². The zero-order valence-corrected chi connectivity index (χ0v) is 9.97. The van der Waals surface area contributed by atoms with E-state index in [1.807, 2.05) is 0 Å². The van der Waals surface area contributed by atoms with Crippen LogP contribution < -0.4 is 10.0 Å². The van der Waals surface area contributed by atoms with Crippen LogP contribution in [0.1, 0.15) is 18.5 Å². The molecule has 3 N–H and O–H groups in total. The van der Waals surface area contributed by atoms with Crippen LogP contribution in [0.5, 0.6) is 0 Å². The molecule has 1 aliphatic rings. The second-order valence-corrected chi connectivity index (χ2v) is 5.69. The van der Waals surface area contributed by atoms with Gasteiger partial charge < -0.3 is 5.32 Å². The molecule has 7 heteroatoms. The third kappa shape index (κ3) is 2.42. The number of aryl methyl sites for hydroxylation is 1. The van der Waals surface area contributed by atoms with Crippen LogP contribution in [0.15, 0.2) is 11.1 Å². The largest absolute Gasteiger partial charge is 0.317 e. The first-order valence-corrected chi connectivity index (χ1v) is 6.81. The Hall–Kier alpha value is -0.920. The molecule has 90 valence electrons. The Kier molecular flexibility index (Phi) is 3.27. The van der Waals surface area contributed by atoms with Crippen molar-refractivity contribution in [2.75, 3.05) is 13.1 Å². The fourth-order valence-electron chi connectivity index (χ4n) is 1.83. The minimum atomic E-state index is -3.42. The van der Waals surface area contributed by atoms with E-state index in [9.17, 15) is 8.42 Å². The van der Waals surface area contributed by atoms with E-state index in [4.69, 9.17) is 0 Å². The quantitative estimate of drug-likeness (QED) is 0.684. The molecule has 0 unspecified atom stereocenters. The van der Waals surface area contributed by atoms with Gasteiger partial charge in [-0.15, -0.1) is 0 Å². The lowest BCUT2D eigenvalue weighted by Crippen LogP contribution is -2.42. The SMILES string of the molecule is Cc1[nH]ncc1S(=O)(=O)NC1CCNCC1. The summed E-state index contributed by atoms with van der Waals surface area (Å²) < 4.78 is 26.7. The highest BCUT2D eigenvalue weighted by molar-refractivity contribution is 7.89. The van der Waals surface area contributed by atoms with Crippen molar-refractivity contribution < 1.29 is 8.42 Å². The molecule has 0 spiro atoms. The highest BCUT2D eigenvalue weighted by atomic mass is 32.2. The van der Waals surface area contributed by atoms with E-state index in [-0.39, 0.29) is 10.9 Å². The molecule has 1 aromatic rings. The Bertz CT molecular complexity index is 448. The van der Waals surface area contributed by atoms with E-state index in [1.54, 1.807) is 6.92 Å². The summed E-state index contributed by atoms with van der Waals surface area (Å²) in [5, 5.41) is 9.55. The van der Waals surface area contributed by atoms with Crippen molar-refractivity contribution in [3.63, 3.8) is 0 Å². The molecular weight excluding hydrogens is 228 g/mol. The van der Waals surface area contributed by atoms with Gasteiger partial charge >= 0.3 is 0 Å². The van der Waals surface area contributed by atoms with Gasteiger partial charge in [-0.3, -0.25) is 5.10 Å². The van der Waals surface area contributed by atoms with E-state index >= 15 is 0 Å². The predicted octanol–water partition coefficient (Wildman–Crippen LogP) is -0.252. The van der Waals surface area contributed by atoms with Crippen LogP contribution in [-0.2, 0) is 10.0 Å². The molecule has 0 bridgehead atoms. The average molecular weight is 244 g/mol. The molecular formula is C9H16N4O2S. The fourth-order valence-corrected chi connectivity index (χ4v) is 3.27. The van der Waals surface area contributed by atoms with Crippen LogP contribution in [0.2, 0.25) is 0 Å². The number of hydrogen-bond acceptors (Lipinski definition) is 4. The van der Waals surface area contributed by atoms with Gasteiger partial charge in [-0.05, 0) is 32.9 Å². The molecule has 2 rings (SSSR count). The Morgan fingerprint density at radius 2 is 2.12 bits per heavy atom. The average Bonchev–Trinajstić information content (AvgIpc) is 2.66. The fraction of sp³-hybridized carbons (Fsp3) is 0.667. The van der Waals surface area contributed by atoms with Crippen LogP contribution >= 0.6 is 0 Å². The van der Waals surface area contributed by atoms with E-state index in [0.29, 0.717) is 5.69 Å². The lowest BCUT2D eigenvalue weighted by molar-refractivity contribution is 0.427. The summed E-state index contributed by atoms with van der Waals surface area (Å²) in [6.07, 6.45) is 3.00. The number of piperidine rings is 1. The summed E-state index contributed by atoms with van der Waals surface area (Å²) in [7, 11) is -3.42. The van der Waals surface area contributed by atoms with E-state index in [2.05, 4.69) is 20.2 Å². The minimum absolute atomic E-state index is 0.0283. The summed E-state index contributed by atoms with van der Waals surface area (Å²) in [5.41, 5.74) is 0.571. The van der Waals surface area contributed by atoms with Gasteiger partial charge in [0, 0.05) is 6.04 Å². The van der Waals surface area contributed by atoms with Gasteiger partial charge in [0.1, 0.15) is 4.90 Å². The topological polar surface area (TPSA) is 86.9 Å². The maximum Gasteiger partial charge on any atom is 0.244 e. The molecule has 1 fully saturated rings. The standard InChI is InChI=1S/C9H16N4O2S/c1-7-9(6-11-12-7)16(14,15)13-8-2-4-10-5-3-8/h6,8,10,13H,2-5H2,1H3,(H,11,12). The molecule has 1 saturated heterocycles. The second-order valence-electron chi connectivity index (χ2n) is 4.00. The first-order valence-electron chi connectivity index (χ1n) is 5.32. The zero-order valence-electron chi connectivity index (χ0n) is 9.16. The number of rotatable bonds is 3. The number of aromatic nitrogens is 2. The maximum absolute atomic E-state index is 12.0. The van der Waals surface area contributed by atoms with Crippen molar-refractivity contribution in [3.05, 3.63) is 11.9 Å². The van der Waals surface area contributed by atoms with Gasteiger partial charge in [-0.2, -0.15) is 5.10 Å². The van der Waals surface area contributed by atoms with Gasteiger partial charge in [0.05, 0.1) is 11.9 Å². The van der Waals surface area contributed by atoms with Gasteiger partial charge in [0.15, 0.2) is 0 Å². The van der Waals surface area contributed by atoms with Crippen LogP contribution in [-0.4, -0.2) is 37.7 Å². The molecule has 1 aromatic heterocycles. The number of hydrogen-bond donors (Lipinski definition) is 3. The molecule has 2 heterocycles. The number of H-pyrrole nitrogens is 1. The Morgan fingerprint density at radius 1 is 1.44 bits per heavy atom. The molecule has 6 nitrogen and oxygen atoms in total. The van der Waals surface area contributed by atoms with Crippen molar-refractivity contribution in [1.82, 2.24) is 20.2 Å². The highest BCUT2D eigenvalue weighted by Crippen LogP contribution is 2.13. The summed E-state index contributed by atoms with van der Waals surface area (Å²) >= 11 is 0. The molecule has 0 aliphatic carbocycles. The third-order valence-corrected chi connectivity index (χ3v) is 4.37. The second kappa shape index (κ2) is 4.52. The van der Waals surface area contributed by atoms with Gasteiger partial charge in [0.2, 0.25) is 10.0 Å². The number of sulfonamides is 1. The normalized spacial score (nSPS) is 18.8. The lowest BCUT2D eigenvalue weighted by atomic mass is 10.1. The van der Waals surface area contributed by atoms with Crippen molar-refractivity contribution in [2.24, 2.45) is 0 Å². The zero-order chi connectivity index (χ0) is 11.6. The Morgan fingerprint density at radius 3 is 2.69 bits per heavy atom. The Balaban J connectivity index is 2.11. The van der Waals surface area contributed by atoms with Gasteiger partial charge in [-0.1, -0.05) is 0 Å². The molecule has 0 atom stereocenters. The minimum Gasteiger partial charge on any atom is -0.317 e. The van der Waals surface area contributed by atoms with Crippen LogP contribution in [0.3, 0.4) is 0 Å². The Labute approximate surface area is 94.9 Å². The summed E-state index contributed by atoms with van der Waals surface area (Å²) in [5.74, 6) is 0. The molecule has 0 amide bonds. The molecule has 16 heavy (non-hydrogen) atoms. The molecule has 0 aromatic carbocycles. The molecule has 1 aliphatic heterocycles.